The van der Waals surface area contributed by atoms with Gasteiger partial charge in [-0.05, 0) is 24.1 Å². The number of carbonyl (C=O) groups is 1. The predicted molar refractivity (Wildman–Crippen MR) is 100.0 cm³/mol. The number of nitrogens with zero attached hydrogens (tertiary/aromatic N) is 2. The van der Waals surface area contributed by atoms with Crippen LogP contribution >= 0.6 is 23.1 Å². The summed E-state index contributed by atoms with van der Waals surface area (Å²) in [6, 6.07) is 15.9. The van der Waals surface area contributed by atoms with Gasteiger partial charge in [-0.15, -0.1) is 10.2 Å². The van der Waals surface area contributed by atoms with Crippen molar-refractivity contribution >= 4 is 34.0 Å². The van der Waals surface area contributed by atoms with Crippen LogP contribution in [0.5, 0.6) is 0 Å². The van der Waals surface area contributed by atoms with E-state index in [1.165, 1.54) is 46.9 Å². The summed E-state index contributed by atoms with van der Waals surface area (Å²) in [5.74, 6) is -0.322. The van der Waals surface area contributed by atoms with Crippen LogP contribution in [-0.4, -0.2) is 28.3 Å². The van der Waals surface area contributed by atoms with Gasteiger partial charge in [0, 0.05) is 12.1 Å². The molecule has 0 spiro atoms. The van der Waals surface area contributed by atoms with Crippen molar-refractivity contribution in [1.82, 2.24) is 10.2 Å². The van der Waals surface area contributed by atoms with Gasteiger partial charge in [0.25, 0.3) is 0 Å². The molecular weight excluding hydrogens is 357 g/mol. The monoisotopic (exact) mass is 373 g/mol. The van der Waals surface area contributed by atoms with Crippen LogP contribution < -0.4 is 5.32 Å². The van der Waals surface area contributed by atoms with E-state index in [2.05, 4.69) is 27.6 Å². The number of thioether (sulfide) groups is 1. The number of aromatic nitrogens is 2. The van der Waals surface area contributed by atoms with Crippen LogP contribution in [0.2, 0.25) is 0 Å². The van der Waals surface area contributed by atoms with Crippen molar-refractivity contribution in [2.75, 3.05) is 17.6 Å². The van der Waals surface area contributed by atoms with Gasteiger partial charge in [0.15, 0.2) is 10.1 Å². The van der Waals surface area contributed by atoms with Gasteiger partial charge in [0.05, 0.1) is 5.75 Å². The normalized spacial score (nSPS) is 10.6. The minimum Gasteiger partial charge on any atom is -0.360 e. The average molecular weight is 373 g/mol. The van der Waals surface area contributed by atoms with E-state index >= 15 is 0 Å². The van der Waals surface area contributed by atoms with E-state index in [1.807, 2.05) is 18.2 Å². The maximum Gasteiger partial charge on any atom is 0.206 e. The van der Waals surface area contributed by atoms with Crippen molar-refractivity contribution in [2.45, 2.75) is 10.8 Å². The molecule has 0 aliphatic heterocycles. The standard InChI is InChI=1S/C18H16FN3OS2/c19-15-8-4-7-14(11-15)16(23)12-24-18-22-21-17(25-18)20-10-9-13-5-2-1-3-6-13/h1-8,11H,9-10,12H2,(H,20,21). The maximum atomic E-state index is 13.1. The highest BCUT2D eigenvalue weighted by molar-refractivity contribution is 8.01. The first-order valence-electron chi connectivity index (χ1n) is 7.73. The number of Topliss-reactive ketones (excluding diaryl/α,β-unsaturated/α-hetero) is 1. The number of benzene rings is 2. The summed E-state index contributed by atoms with van der Waals surface area (Å²) in [6.45, 7) is 0.769. The van der Waals surface area contributed by atoms with E-state index in [4.69, 9.17) is 0 Å². The topological polar surface area (TPSA) is 54.9 Å². The minimum absolute atomic E-state index is 0.127. The van der Waals surface area contributed by atoms with E-state index in [1.54, 1.807) is 6.07 Å². The van der Waals surface area contributed by atoms with Gasteiger partial charge >= 0.3 is 0 Å². The third-order valence-corrected chi connectivity index (χ3v) is 5.43. The molecule has 3 rings (SSSR count). The quantitative estimate of drug-likeness (QED) is 0.471. The summed E-state index contributed by atoms with van der Waals surface area (Å²) < 4.78 is 13.9. The summed E-state index contributed by atoms with van der Waals surface area (Å²) in [4.78, 5) is 12.1. The Morgan fingerprint density at radius 2 is 1.96 bits per heavy atom. The second-order valence-corrected chi connectivity index (χ2v) is 7.46. The average Bonchev–Trinajstić information content (AvgIpc) is 3.08. The van der Waals surface area contributed by atoms with Crippen LogP contribution in [0.3, 0.4) is 0 Å². The SMILES string of the molecule is O=C(CSc1nnc(NCCc2ccccc2)s1)c1cccc(F)c1. The largest absolute Gasteiger partial charge is 0.360 e. The first kappa shape index (κ1) is 17.6. The Morgan fingerprint density at radius 1 is 1.12 bits per heavy atom. The Kier molecular flexibility index (Phi) is 6.14. The molecule has 0 saturated heterocycles. The molecule has 0 aliphatic carbocycles. The van der Waals surface area contributed by atoms with Crippen molar-refractivity contribution < 1.29 is 9.18 Å². The van der Waals surface area contributed by atoms with Crippen molar-refractivity contribution in [2.24, 2.45) is 0 Å². The molecule has 0 radical (unpaired) electrons. The molecule has 0 saturated carbocycles. The number of ketones is 1. The van der Waals surface area contributed by atoms with E-state index in [-0.39, 0.29) is 11.5 Å². The molecule has 1 heterocycles. The molecule has 0 fully saturated rings. The third-order valence-electron chi connectivity index (χ3n) is 3.41. The molecule has 0 aliphatic rings. The summed E-state index contributed by atoms with van der Waals surface area (Å²) in [5.41, 5.74) is 1.63. The number of carbonyl (C=O) groups excluding carboxylic acids is 1. The molecule has 1 aromatic heterocycles. The van der Waals surface area contributed by atoms with Crippen molar-refractivity contribution in [1.29, 1.82) is 0 Å². The predicted octanol–water partition coefficient (Wildman–Crippen LogP) is 4.31. The molecule has 25 heavy (non-hydrogen) atoms. The van der Waals surface area contributed by atoms with Crippen LogP contribution in [-0.2, 0) is 6.42 Å². The third kappa shape index (κ3) is 5.37. The zero-order valence-electron chi connectivity index (χ0n) is 13.3. The molecule has 128 valence electrons. The van der Waals surface area contributed by atoms with E-state index < -0.39 is 5.82 Å². The lowest BCUT2D eigenvalue weighted by molar-refractivity contribution is 0.102. The number of hydrogen-bond donors (Lipinski definition) is 1. The number of halogens is 1. The molecule has 0 atom stereocenters. The molecule has 2 aromatic carbocycles. The molecule has 0 bridgehead atoms. The smallest absolute Gasteiger partial charge is 0.206 e. The Labute approximate surface area is 153 Å². The fourth-order valence-electron chi connectivity index (χ4n) is 2.17. The van der Waals surface area contributed by atoms with Gasteiger partial charge in [-0.25, -0.2) is 4.39 Å². The molecule has 1 N–H and O–H groups in total. The Balaban J connectivity index is 1.46. The molecule has 4 nitrogen and oxygen atoms in total. The van der Waals surface area contributed by atoms with Crippen LogP contribution in [0.4, 0.5) is 9.52 Å². The number of anilines is 1. The summed E-state index contributed by atoms with van der Waals surface area (Å²) in [5, 5.41) is 12.1. The fraction of sp³-hybridized carbons (Fsp3) is 0.167. The zero-order chi connectivity index (χ0) is 17.5. The molecular formula is C18H16FN3OS2. The highest BCUT2D eigenvalue weighted by Crippen LogP contribution is 2.26. The first-order chi connectivity index (χ1) is 12.2. The lowest BCUT2D eigenvalue weighted by Crippen LogP contribution is -2.04. The fourth-order valence-corrected chi connectivity index (χ4v) is 3.84. The van der Waals surface area contributed by atoms with Crippen LogP contribution in [0.15, 0.2) is 58.9 Å². The maximum absolute atomic E-state index is 13.1. The van der Waals surface area contributed by atoms with Crippen LogP contribution in [0.25, 0.3) is 0 Å². The Morgan fingerprint density at radius 3 is 2.76 bits per heavy atom. The van der Waals surface area contributed by atoms with Crippen molar-refractivity contribution in [3.8, 4) is 0 Å². The zero-order valence-corrected chi connectivity index (χ0v) is 14.9. The summed E-state index contributed by atoms with van der Waals surface area (Å²) in [7, 11) is 0. The van der Waals surface area contributed by atoms with Gasteiger partial charge in [0.2, 0.25) is 5.13 Å². The van der Waals surface area contributed by atoms with Gasteiger partial charge in [0.1, 0.15) is 5.82 Å². The van der Waals surface area contributed by atoms with E-state index in [0.717, 1.165) is 18.1 Å². The van der Waals surface area contributed by atoms with Crippen LogP contribution in [0.1, 0.15) is 15.9 Å². The molecule has 7 heteroatoms. The van der Waals surface area contributed by atoms with Gasteiger partial charge in [-0.1, -0.05) is 65.6 Å². The minimum atomic E-state index is -0.406. The Hall–Kier alpha value is -2.25. The van der Waals surface area contributed by atoms with E-state index in [0.29, 0.717) is 9.90 Å². The summed E-state index contributed by atoms with van der Waals surface area (Å²) in [6.07, 6.45) is 0.904. The highest BCUT2D eigenvalue weighted by atomic mass is 32.2. The van der Waals surface area contributed by atoms with Crippen molar-refractivity contribution in [3.05, 3.63) is 71.5 Å². The number of rotatable bonds is 8. The van der Waals surface area contributed by atoms with Crippen LogP contribution in [0, 0.1) is 5.82 Å². The van der Waals surface area contributed by atoms with E-state index in [9.17, 15) is 9.18 Å². The second-order valence-electron chi connectivity index (χ2n) is 5.26. The number of nitrogens with one attached hydrogen (secondary N) is 1. The first-order valence-corrected chi connectivity index (χ1v) is 9.54. The van der Waals surface area contributed by atoms with Crippen molar-refractivity contribution in [3.63, 3.8) is 0 Å². The summed E-state index contributed by atoms with van der Waals surface area (Å²) >= 11 is 2.72. The molecule has 0 unspecified atom stereocenters. The number of hydrogen-bond acceptors (Lipinski definition) is 6. The van der Waals surface area contributed by atoms with Gasteiger partial charge in [-0.3, -0.25) is 4.79 Å². The second kappa shape index (κ2) is 8.73. The molecule has 0 amide bonds. The lowest BCUT2D eigenvalue weighted by Gasteiger charge is -2.01. The van der Waals surface area contributed by atoms with Gasteiger partial charge in [-0.2, -0.15) is 0 Å². The lowest BCUT2D eigenvalue weighted by atomic mass is 10.1. The highest BCUT2D eigenvalue weighted by Gasteiger charge is 2.10. The molecule has 3 aromatic rings. The van der Waals surface area contributed by atoms with Gasteiger partial charge < -0.3 is 5.32 Å². The Bertz CT molecular complexity index is 839.